The Hall–Kier alpha value is -9.16. The molecule has 3 aliphatic rings. The van der Waals surface area contributed by atoms with Gasteiger partial charge < -0.3 is 14.7 Å². The molecule has 5 heteroatoms. The molecular formula is C66H47N5. The normalized spacial score (nSPS) is 13.8. The zero-order valence-electron chi connectivity index (χ0n) is 39.9. The van der Waals surface area contributed by atoms with Crippen molar-refractivity contribution in [1.82, 2.24) is 0 Å². The van der Waals surface area contributed by atoms with Crippen LogP contribution in [-0.4, -0.2) is 0 Å². The van der Waals surface area contributed by atoms with Crippen LogP contribution in [0.4, 0.5) is 51.2 Å². The van der Waals surface area contributed by atoms with Gasteiger partial charge in [-0.05, 0) is 159 Å². The first-order valence-electron chi connectivity index (χ1n) is 24.3. The maximum absolute atomic E-state index is 9.87. The predicted octanol–water partition coefficient (Wildman–Crippen LogP) is 17.6. The minimum Gasteiger partial charge on any atom is -0.310 e. The number of anilines is 9. The summed E-state index contributed by atoms with van der Waals surface area (Å²) in [6.45, 7) is 9.30. The Bertz CT molecular complexity index is 3910. The molecule has 0 N–H and O–H groups in total. The van der Waals surface area contributed by atoms with Gasteiger partial charge in [-0.3, -0.25) is 0 Å². The Labute approximate surface area is 415 Å². The lowest BCUT2D eigenvalue weighted by molar-refractivity contribution is 0.660. The molecule has 10 aromatic rings. The Kier molecular flexibility index (Phi) is 9.28. The molecule has 10 aromatic carbocycles. The third-order valence-corrected chi connectivity index (χ3v) is 15.4. The summed E-state index contributed by atoms with van der Waals surface area (Å²) < 4.78 is 0. The Morgan fingerprint density at radius 3 is 1.41 bits per heavy atom. The van der Waals surface area contributed by atoms with Crippen LogP contribution in [0.15, 0.2) is 212 Å². The molecule has 0 amide bonds. The zero-order valence-corrected chi connectivity index (χ0v) is 39.9. The average Bonchev–Trinajstić information content (AvgIpc) is 3.78. The number of hydrogen-bond donors (Lipinski definition) is 0. The van der Waals surface area contributed by atoms with Gasteiger partial charge >= 0.3 is 0 Å². The van der Waals surface area contributed by atoms with E-state index in [4.69, 9.17) is 0 Å². The molecule has 71 heavy (non-hydrogen) atoms. The van der Waals surface area contributed by atoms with E-state index >= 15 is 0 Å². The number of rotatable bonds is 7. The summed E-state index contributed by atoms with van der Waals surface area (Å²) >= 11 is 0. The van der Waals surface area contributed by atoms with Crippen molar-refractivity contribution < 1.29 is 0 Å². The second-order valence-electron chi connectivity index (χ2n) is 20.0. The lowest BCUT2D eigenvalue weighted by Crippen LogP contribution is -2.18. The molecular weight excluding hydrogens is 863 g/mol. The van der Waals surface area contributed by atoms with Crippen molar-refractivity contribution in [2.45, 2.75) is 38.5 Å². The topological polar surface area (TPSA) is 57.3 Å². The number of nitriles is 2. The smallest absolute Gasteiger partial charge is 0.0991 e. The van der Waals surface area contributed by atoms with E-state index in [9.17, 15) is 10.5 Å². The molecule has 0 fully saturated rings. The van der Waals surface area contributed by atoms with Crippen molar-refractivity contribution >= 4 is 62.0 Å². The highest BCUT2D eigenvalue weighted by Gasteiger charge is 2.38. The van der Waals surface area contributed by atoms with Gasteiger partial charge in [0.15, 0.2) is 0 Å². The number of benzene rings is 10. The summed E-state index contributed by atoms with van der Waals surface area (Å²) in [6, 6.07) is 80.6. The molecule has 0 aromatic heterocycles. The first-order chi connectivity index (χ1) is 34.6. The number of fused-ring (bicyclic) bond motifs is 8. The van der Waals surface area contributed by atoms with Crippen LogP contribution in [0.1, 0.15) is 61.1 Å². The molecule has 336 valence electrons. The van der Waals surface area contributed by atoms with E-state index in [1.165, 1.54) is 44.5 Å². The van der Waals surface area contributed by atoms with Crippen LogP contribution in [-0.2, 0) is 10.8 Å². The third kappa shape index (κ3) is 6.30. The van der Waals surface area contributed by atoms with E-state index in [1.807, 2.05) is 24.3 Å². The Balaban J connectivity index is 1.01. The monoisotopic (exact) mass is 909 g/mol. The highest BCUT2D eigenvalue weighted by atomic mass is 15.2. The van der Waals surface area contributed by atoms with Gasteiger partial charge in [-0.25, -0.2) is 0 Å². The number of hydrogen-bond acceptors (Lipinski definition) is 5. The van der Waals surface area contributed by atoms with Crippen LogP contribution in [0, 0.1) is 22.7 Å². The maximum atomic E-state index is 9.87. The first kappa shape index (κ1) is 42.0. The molecule has 1 aliphatic heterocycles. The van der Waals surface area contributed by atoms with Crippen LogP contribution in [0.5, 0.6) is 0 Å². The molecule has 0 saturated heterocycles. The highest BCUT2D eigenvalue weighted by Crippen LogP contribution is 2.57. The van der Waals surface area contributed by atoms with Crippen molar-refractivity contribution in [3.63, 3.8) is 0 Å². The fourth-order valence-corrected chi connectivity index (χ4v) is 11.9. The minimum absolute atomic E-state index is 0.182. The van der Waals surface area contributed by atoms with Gasteiger partial charge in [-0.15, -0.1) is 0 Å². The van der Waals surface area contributed by atoms with Crippen LogP contribution < -0.4 is 14.7 Å². The molecule has 13 rings (SSSR count). The van der Waals surface area contributed by atoms with E-state index in [2.05, 4.69) is 243 Å². The van der Waals surface area contributed by atoms with Crippen LogP contribution in [0.25, 0.3) is 44.2 Å². The standard InChI is InChI=1S/C66H47N5/c1-65(2)57-18-10-8-15-50(57)52-32-29-47(37-59(52)65)69(45-25-21-42(40-67)22-26-45)49-31-34-54-55-35-36-61(56-17-12-20-62(64(55)56)71(63(54)39-49)44-13-6-5-7-14-44)70(46-27-23-43(41-68)24-28-46)48-30-33-53-51-16-9-11-19-58(51)66(3,4)60(53)38-48/h5-39H,1-4H3. The van der Waals surface area contributed by atoms with Gasteiger partial charge in [0, 0.05) is 61.3 Å². The molecule has 0 unspecified atom stereocenters. The third-order valence-electron chi connectivity index (χ3n) is 15.4. The van der Waals surface area contributed by atoms with E-state index in [0.29, 0.717) is 11.1 Å². The number of nitrogens with zero attached hydrogens (tertiary/aromatic N) is 5. The molecule has 0 atom stereocenters. The van der Waals surface area contributed by atoms with Crippen molar-refractivity contribution in [2.24, 2.45) is 0 Å². The lowest BCUT2D eigenvalue weighted by atomic mass is 9.82. The van der Waals surface area contributed by atoms with E-state index in [1.54, 1.807) is 0 Å². The molecule has 5 nitrogen and oxygen atoms in total. The van der Waals surface area contributed by atoms with E-state index < -0.39 is 0 Å². The predicted molar refractivity (Wildman–Crippen MR) is 292 cm³/mol. The largest absolute Gasteiger partial charge is 0.310 e. The van der Waals surface area contributed by atoms with Gasteiger partial charge in [0.05, 0.1) is 40.3 Å². The van der Waals surface area contributed by atoms with Crippen molar-refractivity contribution in [3.8, 4) is 45.5 Å². The quantitative estimate of drug-likeness (QED) is 0.159. The first-order valence-corrected chi connectivity index (χ1v) is 24.3. The average molecular weight is 910 g/mol. The Morgan fingerprint density at radius 2 is 0.831 bits per heavy atom. The zero-order chi connectivity index (χ0) is 48.2. The lowest BCUT2D eigenvalue weighted by Gasteiger charge is -2.36. The minimum atomic E-state index is -0.185. The van der Waals surface area contributed by atoms with Crippen molar-refractivity contribution in [2.75, 3.05) is 14.7 Å². The van der Waals surface area contributed by atoms with Gasteiger partial charge in [0.1, 0.15) is 0 Å². The Morgan fingerprint density at radius 1 is 0.366 bits per heavy atom. The van der Waals surface area contributed by atoms with E-state index in [0.717, 1.165) is 73.1 Å². The molecule has 0 spiro atoms. The molecule has 2 aliphatic carbocycles. The summed E-state index contributed by atoms with van der Waals surface area (Å²) in [5.41, 5.74) is 22.8. The number of para-hydroxylation sites is 1. The van der Waals surface area contributed by atoms with Crippen molar-refractivity contribution in [1.29, 1.82) is 10.5 Å². The second-order valence-corrected chi connectivity index (χ2v) is 20.0. The van der Waals surface area contributed by atoms with Crippen molar-refractivity contribution in [3.05, 3.63) is 246 Å². The van der Waals surface area contributed by atoms with Gasteiger partial charge in [-0.1, -0.05) is 131 Å². The summed E-state index contributed by atoms with van der Waals surface area (Å²) in [5.74, 6) is 0. The summed E-state index contributed by atoms with van der Waals surface area (Å²) in [7, 11) is 0. The fraction of sp³-hybridized carbons (Fsp3) is 0.0909. The summed E-state index contributed by atoms with van der Waals surface area (Å²) in [6.07, 6.45) is 0. The highest BCUT2D eigenvalue weighted by molar-refractivity contribution is 6.18. The van der Waals surface area contributed by atoms with Crippen LogP contribution in [0.3, 0.4) is 0 Å². The molecule has 1 heterocycles. The van der Waals surface area contributed by atoms with Gasteiger partial charge in [-0.2, -0.15) is 10.5 Å². The fourth-order valence-electron chi connectivity index (χ4n) is 11.9. The van der Waals surface area contributed by atoms with E-state index in [-0.39, 0.29) is 10.8 Å². The molecule has 0 bridgehead atoms. The molecule has 0 saturated carbocycles. The molecule has 0 radical (unpaired) electrons. The maximum Gasteiger partial charge on any atom is 0.0991 e. The summed E-state index contributed by atoms with van der Waals surface area (Å²) in [5, 5.41) is 22.0. The SMILES string of the molecule is CC1(C)c2ccccc2-c2ccc(N(c3ccc(C#N)cc3)c3ccc4c(c3)N(c3ccccc3)c3cccc5c(N(c6ccc(C#N)cc6)c6ccc7c(c6)C(C)(C)c6ccccc6-7)ccc-4c35)cc21. The van der Waals surface area contributed by atoms with Gasteiger partial charge in [0.25, 0.3) is 0 Å². The summed E-state index contributed by atoms with van der Waals surface area (Å²) in [4.78, 5) is 7.11. The van der Waals surface area contributed by atoms with Crippen LogP contribution in [0.2, 0.25) is 0 Å². The van der Waals surface area contributed by atoms with Gasteiger partial charge in [0.2, 0.25) is 0 Å². The van der Waals surface area contributed by atoms with Crippen LogP contribution >= 0.6 is 0 Å². The second kappa shape index (κ2) is 15.7.